The number of carboxylic acid groups (broad SMARTS) is 1. The number of carbonyl (C=O) groups is 1. The van der Waals surface area contributed by atoms with Crippen molar-refractivity contribution in [1.29, 1.82) is 0 Å². The summed E-state index contributed by atoms with van der Waals surface area (Å²) in [5, 5.41) is 14.4. The van der Waals surface area contributed by atoms with Gasteiger partial charge in [0.05, 0.1) is 28.0 Å². The summed E-state index contributed by atoms with van der Waals surface area (Å²) in [4.78, 5) is 20.8. The van der Waals surface area contributed by atoms with Crippen LogP contribution >= 0.6 is 23.8 Å². The number of nitrogens with one attached hydrogen (secondary N) is 1. The van der Waals surface area contributed by atoms with Crippen LogP contribution in [0.25, 0.3) is 5.69 Å². The van der Waals surface area contributed by atoms with Gasteiger partial charge in [-0.1, -0.05) is 30.7 Å². The number of halogens is 1. The van der Waals surface area contributed by atoms with E-state index in [0.717, 1.165) is 60.3 Å². The highest BCUT2D eigenvalue weighted by molar-refractivity contribution is 7.80. The Hall–Kier alpha value is -3.88. The number of hydrogen-bond donors (Lipinski definition) is 2. The van der Waals surface area contributed by atoms with Gasteiger partial charge in [-0.15, -0.1) is 0 Å². The lowest BCUT2D eigenvalue weighted by Gasteiger charge is -2.33. The lowest BCUT2D eigenvalue weighted by atomic mass is 9.98. The summed E-state index contributed by atoms with van der Waals surface area (Å²) in [7, 11) is 0. The molecule has 2 fully saturated rings. The molecule has 2 atom stereocenters. The van der Waals surface area contributed by atoms with Crippen molar-refractivity contribution in [3.63, 3.8) is 0 Å². The molecule has 4 aromatic rings. The Balaban J connectivity index is 1.43. The fourth-order valence-electron chi connectivity index (χ4n) is 5.74. The Morgan fingerprint density at radius 3 is 2.58 bits per heavy atom. The van der Waals surface area contributed by atoms with Crippen LogP contribution in [0.2, 0.25) is 5.02 Å². The quantitative estimate of drug-likeness (QED) is 0.251. The molecule has 2 aromatic carbocycles. The van der Waals surface area contributed by atoms with Crippen molar-refractivity contribution in [3.8, 4) is 5.69 Å². The molecule has 4 heterocycles. The van der Waals surface area contributed by atoms with Gasteiger partial charge in [0.1, 0.15) is 6.04 Å². The van der Waals surface area contributed by atoms with Crippen LogP contribution < -0.4 is 15.1 Å². The molecular formula is C31H30ClN5O2S. The molecule has 2 aliphatic heterocycles. The average molecular weight is 572 g/mol. The molecule has 0 amide bonds. The second kappa shape index (κ2) is 10.9. The molecule has 0 spiro atoms. The molecule has 204 valence electrons. The van der Waals surface area contributed by atoms with Gasteiger partial charge in [-0.3, -0.25) is 4.98 Å². The fraction of sp³-hybridized carbons (Fsp3) is 0.258. The van der Waals surface area contributed by atoms with Crippen molar-refractivity contribution < 1.29 is 9.90 Å². The minimum Gasteiger partial charge on any atom is -0.478 e. The number of anilines is 2. The summed E-state index contributed by atoms with van der Waals surface area (Å²) in [5.41, 5.74) is 4.70. The standard InChI is InChI=1S/C31H30ClN5O2S/c1-20-12-16-35(17-13-20)26-11-10-23(19-24(26)32)37-29(28(34-31(37)40)25-8-2-3-14-33-25)27-9-5-15-36(27)22-7-4-6-21(18-22)30(38)39/h2-11,14-15,18-20,28-29H,12-13,16-17H2,1H3,(H,34,40)(H,38,39)/t28-,29+/m1/s1. The van der Waals surface area contributed by atoms with Crippen LogP contribution in [-0.2, 0) is 0 Å². The van der Waals surface area contributed by atoms with Gasteiger partial charge in [0, 0.05) is 42.6 Å². The first kappa shape index (κ1) is 26.3. The third-order valence-corrected chi connectivity index (χ3v) is 8.50. The normalized spacial score (nSPS) is 19.6. The number of rotatable bonds is 6. The molecule has 2 N–H and O–H groups in total. The van der Waals surface area contributed by atoms with E-state index < -0.39 is 5.97 Å². The summed E-state index contributed by atoms with van der Waals surface area (Å²) in [5.74, 6) is -0.232. The maximum absolute atomic E-state index is 11.7. The van der Waals surface area contributed by atoms with Gasteiger partial charge in [-0.05, 0) is 91.6 Å². The maximum atomic E-state index is 11.7. The number of aromatic carboxylic acids is 1. The molecule has 7 nitrogen and oxygen atoms in total. The Morgan fingerprint density at radius 2 is 1.85 bits per heavy atom. The Kier molecular flexibility index (Phi) is 7.21. The summed E-state index contributed by atoms with van der Waals surface area (Å²) >= 11 is 12.8. The van der Waals surface area contributed by atoms with E-state index in [-0.39, 0.29) is 17.6 Å². The topological polar surface area (TPSA) is 73.6 Å². The molecule has 0 saturated carbocycles. The van der Waals surface area contributed by atoms with E-state index in [9.17, 15) is 9.90 Å². The van der Waals surface area contributed by atoms with E-state index in [1.807, 2.05) is 53.2 Å². The van der Waals surface area contributed by atoms with Crippen molar-refractivity contribution in [2.75, 3.05) is 22.9 Å². The minimum absolute atomic E-state index is 0.227. The third kappa shape index (κ3) is 4.93. The molecule has 0 aliphatic carbocycles. The van der Waals surface area contributed by atoms with Gasteiger partial charge in [0.25, 0.3) is 0 Å². The number of hydrogen-bond acceptors (Lipinski definition) is 4. The lowest BCUT2D eigenvalue weighted by Crippen LogP contribution is -2.33. The highest BCUT2D eigenvalue weighted by Gasteiger charge is 2.42. The summed E-state index contributed by atoms with van der Waals surface area (Å²) in [6.07, 6.45) is 6.04. The van der Waals surface area contributed by atoms with E-state index >= 15 is 0 Å². The Morgan fingerprint density at radius 1 is 1.02 bits per heavy atom. The molecule has 2 aromatic heterocycles. The molecule has 9 heteroatoms. The smallest absolute Gasteiger partial charge is 0.335 e. The zero-order chi connectivity index (χ0) is 27.8. The Bertz CT molecular complexity index is 1550. The van der Waals surface area contributed by atoms with Crippen LogP contribution in [0.3, 0.4) is 0 Å². The van der Waals surface area contributed by atoms with Gasteiger partial charge in [-0.2, -0.15) is 0 Å². The predicted molar refractivity (Wildman–Crippen MR) is 163 cm³/mol. The van der Waals surface area contributed by atoms with Crippen LogP contribution in [0.1, 0.15) is 53.6 Å². The zero-order valence-corrected chi connectivity index (χ0v) is 23.6. The summed E-state index contributed by atoms with van der Waals surface area (Å²) in [6, 6.07) is 22.4. The number of aromatic nitrogens is 2. The van der Waals surface area contributed by atoms with E-state index in [2.05, 4.69) is 39.2 Å². The number of thiocarbonyl (C=S) groups is 1. The number of piperidine rings is 1. The maximum Gasteiger partial charge on any atom is 0.335 e. The minimum atomic E-state index is -0.967. The average Bonchev–Trinajstić information content (AvgIpc) is 3.58. The van der Waals surface area contributed by atoms with Crippen molar-refractivity contribution in [1.82, 2.24) is 14.9 Å². The summed E-state index contributed by atoms with van der Waals surface area (Å²) in [6.45, 7) is 4.30. The first-order valence-electron chi connectivity index (χ1n) is 13.5. The third-order valence-electron chi connectivity index (χ3n) is 7.89. The highest BCUT2D eigenvalue weighted by Crippen LogP contribution is 2.44. The highest BCUT2D eigenvalue weighted by atomic mass is 35.5. The second-order valence-corrected chi connectivity index (χ2v) is 11.3. The number of carboxylic acids is 1. The number of pyridine rings is 1. The van der Waals surface area contributed by atoms with E-state index in [0.29, 0.717) is 10.1 Å². The predicted octanol–water partition coefficient (Wildman–Crippen LogP) is 6.64. The molecule has 0 radical (unpaired) electrons. The van der Waals surface area contributed by atoms with Crippen molar-refractivity contribution in [2.24, 2.45) is 5.92 Å². The lowest BCUT2D eigenvalue weighted by molar-refractivity contribution is 0.0697. The first-order chi connectivity index (χ1) is 19.4. The Labute approximate surface area is 244 Å². The van der Waals surface area contributed by atoms with Crippen LogP contribution in [-0.4, -0.2) is 38.8 Å². The molecule has 0 unspecified atom stereocenters. The SMILES string of the molecule is CC1CCN(c2ccc(N3C(=S)N[C@H](c4ccccn4)[C@@H]3c3cccn3-c3cccc(C(=O)O)c3)cc2Cl)CC1. The van der Waals surface area contributed by atoms with Crippen LogP contribution in [0, 0.1) is 5.92 Å². The fourth-order valence-corrected chi connectivity index (χ4v) is 6.38. The van der Waals surface area contributed by atoms with E-state index in [1.54, 1.807) is 24.4 Å². The molecule has 6 rings (SSSR count). The monoisotopic (exact) mass is 571 g/mol. The molecule has 2 aliphatic rings. The number of benzene rings is 2. The van der Waals surface area contributed by atoms with Gasteiger partial charge in [0.2, 0.25) is 0 Å². The van der Waals surface area contributed by atoms with Crippen molar-refractivity contribution in [3.05, 3.63) is 107 Å². The van der Waals surface area contributed by atoms with Gasteiger partial charge in [0.15, 0.2) is 5.11 Å². The summed E-state index contributed by atoms with van der Waals surface area (Å²) < 4.78 is 2.01. The van der Waals surface area contributed by atoms with Crippen molar-refractivity contribution in [2.45, 2.75) is 31.8 Å². The molecular weight excluding hydrogens is 542 g/mol. The first-order valence-corrected chi connectivity index (χ1v) is 14.3. The van der Waals surface area contributed by atoms with Crippen LogP contribution in [0.4, 0.5) is 11.4 Å². The van der Waals surface area contributed by atoms with E-state index in [1.165, 1.54) is 0 Å². The molecule has 2 saturated heterocycles. The largest absolute Gasteiger partial charge is 0.478 e. The van der Waals surface area contributed by atoms with Gasteiger partial charge >= 0.3 is 5.97 Å². The molecule has 0 bridgehead atoms. The van der Waals surface area contributed by atoms with Crippen molar-refractivity contribution >= 4 is 46.3 Å². The van der Waals surface area contributed by atoms with Gasteiger partial charge < -0.3 is 24.8 Å². The van der Waals surface area contributed by atoms with Gasteiger partial charge in [-0.25, -0.2) is 4.79 Å². The molecule has 40 heavy (non-hydrogen) atoms. The second-order valence-electron chi connectivity index (χ2n) is 10.5. The zero-order valence-electron chi connectivity index (χ0n) is 22.1. The van der Waals surface area contributed by atoms with E-state index in [4.69, 9.17) is 23.8 Å². The van der Waals surface area contributed by atoms with Crippen LogP contribution in [0.5, 0.6) is 0 Å². The number of nitrogens with zero attached hydrogens (tertiary/aromatic N) is 4. The van der Waals surface area contributed by atoms with Crippen LogP contribution in [0.15, 0.2) is 85.2 Å².